The molecule has 0 aliphatic carbocycles. The molecule has 0 unspecified atom stereocenters. The number of nitrogens with zero attached hydrogens (tertiary/aromatic N) is 3. The highest BCUT2D eigenvalue weighted by Crippen LogP contribution is 2.15. The summed E-state index contributed by atoms with van der Waals surface area (Å²) in [5.41, 5.74) is 5.62. The van der Waals surface area contributed by atoms with Crippen molar-refractivity contribution in [3.05, 3.63) is 10.7 Å². The van der Waals surface area contributed by atoms with Gasteiger partial charge < -0.3 is 10.6 Å². The number of anilines is 2. The highest BCUT2D eigenvalue weighted by atomic mass is 79.9. The third kappa shape index (κ3) is 3.14. The van der Waals surface area contributed by atoms with Gasteiger partial charge in [-0.2, -0.15) is 4.98 Å². The van der Waals surface area contributed by atoms with Crippen LogP contribution in [0.4, 0.5) is 11.8 Å². The van der Waals surface area contributed by atoms with Crippen molar-refractivity contribution in [2.75, 3.05) is 24.2 Å². The number of hydrogen-bond acceptors (Lipinski definition) is 4. The van der Waals surface area contributed by atoms with E-state index in [-0.39, 0.29) is 0 Å². The van der Waals surface area contributed by atoms with E-state index in [4.69, 9.17) is 5.73 Å². The number of nitrogens with two attached hydrogens (primary N) is 1. The summed E-state index contributed by atoms with van der Waals surface area (Å²) in [6.07, 6.45) is 0. The van der Waals surface area contributed by atoms with Gasteiger partial charge in [0.2, 0.25) is 5.95 Å². The molecule has 0 saturated heterocycles. The van der Waals surface area contributed by atoms with Crippen LogP contribution in [0.5, 0.6) is 0 Å². The van der Waals surface area contributed by atoms with E-state index in [1.54, 1.807) is 6.07 Å². The summed E-state index contributed by atoms with van der Waals surface area (Å²) in [5, 5.41) is 0. The van der Waals surface area contributed by atoms with Gasteiger partial charge in [0, 0.05) is 19.7 Å². The molecule has 0 aliphatic heterocycles. The Bertz CT molecular complexity index is 293. The Hall–Kier alpha value is -0.840. The van der Waals surface area contributed by atoms with Gasteiger partial charge in [-0.3, -0.25) is 0 Å². The minimum absolute atomic E-state index is 0.484. The molecule has 0 spiro atoms. The Morgan fingerprint density at radius 3 is 2.64 bits per heavy atom. The van der Waals surface area contributed by atoms with E-state index in [9.17, 15) is 0 Å². The lowest BCUT2D eigenvalue weighted by Gasteiger charge is -2.19. The maximum atomic E-state index is 5.62. The van der Waals surface area contributed by atoms with E-state index in [1.807, 2.05) is 11.9 Å². The predicted octanol–water partition coefficient (Wildman–Crippen LogP) is 1.91. The molecular weight excluding hydrogens is 244 g/mol. The molecule has 4 nitrogen and oxygen atoms in total. The first kappa shape index (κ1) is 11.2. The van der Waals surface area contributed by atoms with Crippen LogP contribution in [0, 0.1) is 5.92 Å². The second kappa shape index (κ2) is 4.59. The van der Waals surface area contributed by atoms with Crippen LogP contribution >= 0.6 is 15.9 Å². The highest BCUT2D eigenvalue weighted by Gasteiger charge is 2.07. The van der Waals surface area contributed by atoms with Gasteiger partial charge in [0.1, 0.15) is 10.4 Å². The molecule has 5 heteroatoms. The van der Waals surface area contributed by atoms with Gasteiger partial charge in [-0.05, 0) is 21.8 Å². The van der Waals surface area contributed by atoms with E-state index in [0.29, 0.717) is 17.7 Å². The number of aromatic nitrogens is 2. The van der Waals surface area contributed by atoms with E-state index in [1.165, 1.54) is 0 Å². The standard InChI is InChI=1S/C9H15BrN4/c1-6(2)5-14(3)9-12-7(10)4-8(11)13-9/h4,6H,5H2,1-3H3,(H2,11,12,13). The average molecular weight is 259 g/mol. The van der Waals surface area contributed by atoms with Gasteiger partial charge >= 0.3 is 0 Å². The Kier molecular flexibility index (Phi) is 3.69. The molecule has 1 aromatic heterocycles. The molecule has 0 aromatic carbocycles. The third-order valence-electron chi connectivity index (χ3n) is 1.68. The molecule has 0 saturated carbocycles. The summed E-state index contributed by atoms with van der Waals surface area (Å²) in [7, 11) is 1.96. The fourth-order valence-electron chi connectivity index (χ4n) is 1.22. The molecule has 0 atom stereocenters. The van der Waals surface area contributed by atoms with Crippen LogP contribution in [-0.4, -0.2) is 23.6 Å². The second-order valence-corrected chi connectivity index (χ2v) is 4.50. The van der Waals surface area contributed by atoms with E-state index in [2.05, 4.69) is 39.7 Å². The lowest BCUT2D eigenvalue weighted by atomic mass is 10.2. The van der Waals surface area contributed by atoms with Gasteiger partial charge in [-0.15, -0.1) is 0 Å². The van der Waals surface area contributed by atoms with Gasteiger partial charge in [-0.1, -0.05) is 13.8 Å². The third-order valence-corrected chi connectivity index (χ3v) is 2.09. The minimum atomic E-state index is 0.484. The monoisotopic (exact) mass is 258 g/mol. The van der Waals surface area contributed by atoms with Crippen LogP contribution in [0.2, 0.25) is 0 Å². The van der Waals surface area contributed by atoms with Crippen LogP contribution < -0.4 is 10.6 Å². The van der Waals surface area contributed by atoms with Crippen molar-refractivity contribution in [2.24, 2.45) is 5.92 Å². The molecule has 1 heterocycles. The number of rotatable bonds is 3. The molecule has 0 bridgehead atoms. The first-order chi connectivity index (χ1) is 6.49. The van der Waals surface area contributed by atoms with Crippen molar-refractivity contribution in [3.8, 4) is 0 Å². The summed E-state index contributed by atoms with van der Waals surface area (Å²) in [4.78, 5) is 10.4. The topological polar surface area (TPSA) is 55.0 Å². The maximum absolute atomic E-state index is 5.62. The van der Waals surface area contributed by atoms with Crippen molar-refractivity contribution < 1.29 is 0 Å². The van der Waals surface area contributed by atoms with Crippen molar-refractivity contribution in [1.29, 1.82) is 0 Å². The molecule has 0 fully saturated rings. The summed E-state index contributed by atoms with van der Waals surface area (Å²) in [6, 6.07) is 1.69. The fraction of sp³-hybridized carbons (Fsp3) is 0.556. The lowest BCUT2D eigenvalue weighted by molar-refractivity contribution is 0.630. The quantitative estimate of drug-likeness (QED) is 0.842. The summed E-state index contributed by atoms with van der Waals surface area (Å²) in [6.45, 7) is 5.21. The van der Waals surface area contributed by atoms with Gasteiger partial charge in [0.15, 0.2) is 0 Å². The summed E-state index contributed by atoms with van der Waals surface area (Å²) >= 11 is 3.29. The number of nitrogen functional groups attached to an aromatic ring is 1. The molecule has 2 N–H and O–H groups in total. The zero-order chi connectivity index (χ0) is 10.7. The molecule has 1 aromatic rings. The molecule has 0 amide bonds. The van der Waals surface area contributed by atoms with Crippen LogP contribution in [0.3, 0.4) is 0 Å². The van der Waals surface area contributed by atoms with Crippen LogP contribution in [0.1, 0.15) is 13.8 Å². The Labute approximate surface area is 92.7 Å². The van der Waals surface area contributed by atoms with Crippen molar-refractivity contribution in [1.82, 2.24) is 9.97 Å². The molecular formula is C9H15BrN4. The van der Waals surface area contributed by atoms with Crippen molar-refractivity contribution in [3.63, 3.8) is 0 Å². The second-order valence-electron chi connectivity index (χ2n) is 3.69. The Balaban J connectivity index is 2.84. The largest absolute Gasteiger partial charge is 0.383 e. The van der Waals surface area contributed by atoms with Crippen LogP contribution in [0.25, 0.3) is 0 Å². The summed E-state index contributed by atoms with van der Waals surface area (Å²) < 4.78 is 0.718. The Morgan fingerprint density at radius 1 is 1.50 bits per heavy atom. The molecule has 1 rings (SSSR count). The van der Waals surface area contributed by atoms with Crippen LogP contribution in [-0.2, 0) is 0 Å². The molecule has 0 aliphatic rings. The van der Waals surface area contributed by atoms with E-state index in [0.717, 1.165) is 11.1 Å². The first-order valence-electron chi connectivity index (χ1n) is 4.50. The number of hydrogen-bond donors (Lipinski definition) is 1. The van der Waals surface area contributed by atoms with Gasteiger partial charge in [0.25, 0.3) is 0 Å². The lowest BCUT2D eigenvalue weighted by Crippen LogP contribution is -2.24. The molecule has 14 heavy (non-hydrogen) atoms. The zero-order valence-electron chi connectivity index (χ0n) is 8.66. The highest BCUT2D eigenvalue weighted by molar-refractivity contribution is 9.10. The fourth-order valence-corrected chi connectivity index (χ4v) is 1.62. The average Bonchev–Trinajstić information content (AvgIpc) is 2.00. The molecule has 78 valence electrons. The van der Waals surface area contributed by atoms with E-state index >= 15 is 0 Å². The SMILES string of the molecule is CC(C)CN(C)c1nc(N)cc(Br)n1. The smallest absolute Gasteiger partial charge is 0.228 e. The van der Waals surface area contributed by atoms with Crippen molar-refractivity contribution in [2.45, 2.75) is 13.8 Å². The minimum Gasteiger partial charge on any atom is -0.383 e. The molecule has 0 radical (unpaired) electrons. The van der Waals surface area contributed by atoms with Crippen LogP contribution in [0.15, 0.2) is 10.7 Å². The number of halogens is 1. The first-order valence-corrected chi connectivity index (χ1v) is 5.29. The normalized spacial score (nSPS) is 10.6. The van der Waals surface area contributed by atoms with E-state index < -0.39 is 0 Å². The Morgan fingerprint density at radius 2 is 2.14 bits per heavy atom. The van der Waals surface area contributed by atoms with Gasteiger partial charge in [0.05, 0.1) is 0 Å². The zero-order valence-corrected chi connectivity index (χ0v) is 10.2. The maximum Gasteiger partial charge on any atom is 0.228 e. The van der Waals surface area contributed by atoms with Crippen molar-refractivity contribution >= 4 is 27.7 Å². The summed E-state index contributed by atoms with van der Waals surface area (Å²) in [5.74, 6) is 1.71. The van der Waals surface area contributed by atoms with Gasteiger partial charge in [-0.25, -0.2) is 4.98 Å². The predicted molar refractivity (Wildman–Crippen MR) is 62.3 cm³/mol.